The highest BCUT2D eigenvalue weighted by Crippen LogP contribution is 2.22. The van der Waals surface area contributed by atoms with Crippen LogP contribution in [0.15, 0.2) is 0 Å². The van der Waals surface area contributed by atoms with Gasteiger partial charge in [-0.25, -0.2) is 10.5 Å². The summed E-state index contributed by atoms with van der Waals surface area (Å²) in [5.41, 5.74) is 2.59. The highest BCUT2D eigenvalue weighted by molar-refractivity contribution is 5.77. The highest BCUT2D eigenvalue weighted by atomic mass is 16.7. The number of hydroxylamine groups is 3. The van der Waals surface area contributed by atoms with Crippen molar-refractivity contribution in [3.05, 3.63) is 0 Å². The van der Waals surface area contributed by atoms with E-state index in [1.807, 2.05) is 0 Å². The molecule has 0 aromatic carbocycles. The molecule has 1 aliphatic rings. The van der Waals surface area contributed by atoms with E-state index in [4.69, 9.17) is 14.4 Å². The van der Waals surface area contributed by atoms with E-state index in [1.54, 1.807) is 14.1 Å². The van der Waals surface area contributed by atoms with Gasteiger partial charge in [-0.15, -0.1) is 0 Å². The molecule has 6 heteroatoms. The number of hydrogen-bond donors (Lipinski definition) is 1. The van der Waals surface area contributed by atoms with Gasteiger partial charge in [-0.1, -0.05) is 0 Å². The molecule has 1 rings (SSSR count). The van der Waals surface area contributed by atoms with Crippen LogP contribution < -0.4 is 5.48 Å². The van der Waals surface area contributed by atoms with Gasteiger partial charge in [-0.3, -0.25) is 14.5 Å². The fraction of sp³-hybridized carbons (Fsp3) is 0.900. The second-order valence-electron chi connectivity index (χ2n) is 3.75. The highest BCUT2D eigenvalue weighted by Gasteiger charge is 2.30. The lowest BCUT2D eigenvalue weighted by Crippen LogP contribution is -2.39. The van der Waals surface area contributed by atoms with Crippen molar-refractivity contribution in [2.45, 2.75) is 18.9 Å². The van der Waals surface area contributed by atoms with Crippen molar-refractivity contribution in [2.75, 3.05) is 34.4 Å². The third-order valence-corrected chi connectivity index (χ3v) is 2.71. The Balaban J connectivity index is 2.40. The maximum atomic E-state index is 11.8. The second-order valence-corrected chi connectivity index (χ2v) is 3.75. The Hall–Kier alpha value is -0.690. The summed E-state index contributed by atoms with van der Waals surface area (Å²) in [5, 5.41) is 1.27. The van der Waals surface area contributed by atoms with E-state index in [0.29, 0.717) is 19.6 Å². The van der Waals surface area contributed by atoms with Crippen LogP contribution in [-0.4, -0.2) is 51.5 Å². The summed E-state index contributed by atoms with van der Waals surface area (Å²) >= 11 is 0. The first-order chi connectivity index (χ1) is 7.69. The molecule has 2 atom stereocenters. The number of nitrogens with one attached hydrogen (secondary N) is 1. The number of nitrogens with zero attached hydrogens (tertiary/aromatic N) is 1. The van der Waals surface area contributed by atoms with Gasteiger partial charge in [0.15, 0.2) is 0 Å². The normalized spacial score (nSPS) is 25.4. The first-order valence-corrected chi connectivity index (χ1v) is 5.40. The minimum Gasteiger partial charge on any atom is -0.376 e. The van der Waals surface area contributed by atoms with Crippen LogP contribution in [0.2, 0.25) is 0 Å². The third kappa shape index (κ3) is 3.71. The van der Waals surface area contributed by atoms with E-state index < -0.39 is 0 Å². The third-order valence-electron chi connectivity index (χ3n) is 2.71. The molecule has 1 heterocycles. The van der Waals surface area contributed by atoms with Crippen molar-refractivity contribution in [2.24, 2.45) is 5.92 Å². The monoisotopic (exact) mass is 232 g/mol. The summed E-state index contributed by atoms with van der Waals surface area (Å²) in [5.74, 6) is -0.0376. The molecule has 0 bridgehead atoms. The second kappa shape index (κ2) is 6.80. The maximum absolute atomic E-state index is 11.8. The average Bonchev–Trinajstić information content (AvgIpc) is 2.34. The molecule has 0 spiro atoms. The molecule has 0 radical (unpaired) electrons. The van der Waals surface area contributed by atoms with Crippen LogP contribution in [0.3, 0.4) is 0 Å². The molecular weight excluding hydrogens is 212 g/mol. The Morgan fingerprint density at radius 1 is 1.62 bits per heavy atom. The van der Waals surface area contributed by atoms with E-state index >= 15 is 0 Å². The van der Waals surface area contributed by atoms with Crippen molar-refractivity contribution in [3.63, 3.8) is 0 Å². The van der Waals surface area contributed by atoms with E-state index in [9.17, 15) is 4.79 Å². The first kappa shape index (κ1) is 13.4. The van der Waals surface area contributed by atoms with Gasteiger partial charge in [-0.2, -0.15) is 0 Å². The summed E-state index contributed by atoms with van der Waals surface area (Å²) in [7, 11) is 4.81. The molecule has 1 amide bonds. The van der Waals surface area contributed by atoms with Crippen molar-refractivity contribution >= 4 is 5.91 Å². The van der Waals surface area contributed by atoms with E-state index in [2.05, 4.69) is 5.48 Å². The molecule has 1 N–H and O–H groups in total. The Labute approximate surface area is 95.7 Å². The molecule has 1 fully saturated rings. The lowest BCUT2D eigenvalue weighted by molar-refractivity contribution is -0.179. The maximum Gasteiger partial charge on any atom is 0.249 e. The predicted molar refractivity (Wildman–Crippen MR) is 57.3 cm³/mol. The van der Waals surface area contributed by atoms with Gasteiger partial charge in [-0.05, 0) is 12.8 Å². The zero-order chi connectivity index (χ0) is 12.0. The van der Waals surface area contributed by atoms with Gasteiger partial charge in [0.1, 0.15) is 0 Å². The summed E-state index contributed by atoms with van der Waals surface area (Å²) in [6, 6.07) is 0. The van der Waals surface area contributed by atoms with Crippen molar-refractivity contribution in [3.8, 4) is 0 Å². The molecule has 94 valence electrons. The topological polar surface area (TPSA) is 60.0 Å². The summed E-state index contributed by atoms with van der Waals surface area (Å²) < 4.78 is 5.50. The molecule has 1 saturated heterocycles. The number of carbonyl (C=O) groups is 1. The number of ether oxygens (including phenoxy) is 1. The molecule has 0 aliphatic carbocycles. The minimum absolute atomic E-state index is 0.000239. The Kier molecular flexibility index (Phi) is 5.68. The summed E-state index contributed by atoms with van der Waals surface area (Å²) in [6.45, 7) is 1.04. The zero-order valence-electron chi connectivity index (χ0n) is 10.1. The Morgan fingerprint density at radius 2 is 2.38 bits per heavy atom. The van der Waals surface area contributed by atoms with Crippen molar-refractivity contribution < 1.29 is 19.2 Å². The van der Waals surface area contributed by atoms with Crippen LogP contribution in [0.1, 0.15) is 12.8 Å². The molecule has 6 nitrogen and oxygen atoms in total. The SMILES string of the molecule is CNOCC1CC(C(=O)N(C)OC)CCO1. The van der Waals surface area contributed by atoms with E-state index in [1.165, 1.54) is 12.2 Å². The summed E-state index contributed by atoms with van der Waals surface area (Å²) in [6.07, 6.45) is 1.39. The lowest BCUT2D eigenvalue weighted by atomic mass is 9.95. The van der Waals surface area contributed by atoms with Crippen LogP contribution in [0.5, 0.6) is 0 Å². The van der Waals surface area contributed by atoms with Gasteiger partial charge in [0.05, 0.1) is 19.8 Å². The van der Waals surface area contributed by atoms with Gasteiger partial charge in [0.2, 0.25) is 5.91 Å². The summed E-state index contributed by atoms with van der Waals surface area (Å²) in [4.78, 5) is 21.8. The fourth-order valence-corrected chi connectivity index (χ4v) is 1.74. The van der Waals surface area contributed by atoms with E-state index in [0.717, 1.165) is 6.42 Å². The van der Waals surface area contributed by atoms with Crippen LogP contribution in [0, 0.1) is 5.92 Å². The van der Waals surface area contributed by atoms with Gasteiger partial charge in [0.25, 0.3) is 0 Å². The number of rotatable bonds is 5. The molecular formula is C10H20N2O4. The molecule has 2 unspecified atom stereocenters. The number of carbonyl (C=O) groups excluding carboxylic acids is 1. The van der Waals surface area contributed by atoms with Crippen LogP contribution >= 0.6 is 0 Å². The smallest absolute Gasteiger partial charge is 0.249 e. The van der Waals surface area contributed by atoms with E-state index in [-0.39, 0.29) is 17.9 Å². The Bertz CT molecular complexity index is 225. The van der Waals surface area contributed by atoms with Gasteiger partial charge in [0, 0.05) is 26.6 Å². The molecule has 0 saturated carbocycles. The van der Waals surface area contributed by atoms with Gasteiger partial charge < -0.3 is 4.74 Å². The van der Waals surface area contributed by atoms with Crippen LogP contribution in [0.4, 0.5) is 0 Å². The predicted octanol–water partition coefficient (Wildman–Crippen LogP) is -0.0476. The first-order valence-electron chi connectivity index (χ1n) is 5.40. The quantitative estimate of drug-likeness (QED) is 0.674. The standard InChI is InChI=1S/C10H20N2O4/c1-11-16-7-9-6-8(4-5-15-9)10(13)12(2)14-3/h8-9,11H,4-7H2,1-3H3. The average molecular weight is 232 g/mol. The van der Waals surface area contributed by atoms with Crippen molar-refractivity contribution in [1.82, 2.24) is 10.5 Å². The largest absolute Gasteiger partial charge is 0.376 e. The van der Waals surface area contributed by atoms with Crippen LogP contribution in [-0.2, 0) is 19.2 Å². The molecule has 1 aliphatic heterocycles. The van der Waals surface area contributed by atoms with Crippen molar-refractivity contribution in [1.29, 1.82) is 0 Å². The zero-order valence-corrected chi connectivity index (χ0v) is 10.1. The van der Waals surface area contributed by atoms with Crippen LogP contribution in [0.25, 0.3) is 0 Å². The van der Waals surface area contributed by atoms with Gasteiger partial charge >= 0.3 is 0 Å². The fourth-order valence-electron chi connectivity index (χ4n) is 1.74. The number of amides is 1. The molecule has 0 aromatic heterocycles. The Morgan fingerprint density at radius 3 is 3.00 bits per heavy atom. The minimum atomic E-state index is -0.0378. The number of hydrogen-bond acceptors (Lipinski definition) is 5. The molecule has 0 aromatic rings. The molecule has 16 heavy (non-hydrogen) atoms. The lowest BCUT2D eigenvalue weighted by Gasteiger charge is -2.30.